The number of rotatable bonds is 7. The summed E-state index contributed by atoms with van der Waals surface area (Å²) in [6, 6.07) is 12.7. The standard InChI is InChI=1S/C26H34F2N4O2/c1-26(2,3)29-23(33)17-30(4)24(34)18-31-13-15-32(16-14-31)25(19-5-9-21(27)10-6-19)20-7-11-22(28)12-8-20/h5-12,25H,13-18H2,1-4H3,(H,29,33). The first-order valence-corrected chi connectivity index (χ1v) is 11.5. The maximum Gasteiger partial charge on any atom is 0.240 e. The quantitative estimate of drug-likeness (QED) is 0.673. The summed E-state index contributed by atoms with van der Waals surface area (Å²) in [5.74, 6) is -0.892. The number of nitrogens with zero attached hydrogens (tertiary/aromatic N) is 3. The largest absolute Gasteiger partial charge is 0.350 e. The fraction of sp³-hybridized carbons (Fsp3) is 0.462. The van der Waals surface area contributed by atoms with Gasteiger partial charge < -0.3 is 10.2 Å². The Morgan fingerprint density at radius 1 is 0.912 bits per heavy atom. The van der Waals surface area contributed by atoms with Crippen LogP contribution in [-0.2, 0) is 9.59 Å². The van der Waals surface area contributed by atoms with Crippen LogP contribution >= 0.6 is 0 Å². The Kier molecular flexibility index (Phi) is 8.38. The molecule has 0 aromatic heterocycles. The van der Waals surface area contributed by atoms with E-state index >= 15 is 0 Å². The van der Waals surface area contributed by atoms with Crippen molar-refractivity contribution in [1.29, 1.82) is 0 Å². The van der Waals surface area contributed by atoms with Crippen molar-refractivity contribution in [3.05, 3.63) is 71.3 Å². The van der Waals surface area contributed by atoms with Crippen molar-refractivity contribution in [2.24, 2.45) is 0 Å². The van der Waals surface area contributed by atoms with Crippen LogP contribution in [0.15, 0.2) is 48.5 Å². The normalized spacial score (nSPS) is 15.4. The van der Waals surface area contributed by atoms with Gasteiger partial charge in [-0.05, 0) is 56.2 Å². The molecule has 2 aromatic rings. The van der Waals surface area contributed by atoms with E-state index in [0.717, 1.165) is 11.1 Å². The molecule has 2 aromatic carbocycles. The molecule has 2 amide bonds. The average Bonchev–Trinajstić information content (AvgIpc) is 2.76. The molecule has 0 aliphatic carbocycles. The van der Waals surface area contributed by atoms with Crippen molar-refractivity contribution in [2.45, 2.75) is 32.4 Å². The zero-order chi connectivity index (χ0) is 24.9. The molecule has 0 spiro atoms. The molecule has 1 fully saturated rings. The summed E-state index contributed by atoms with van der Waals surface area (Å²) in [6.07, 6.45) is 0. The summed E-state index contributed by atoms with van der Waals surface area (Å²) in [5, 5.41) is 2.86. The number of carbonyl (C=O) groups is 2. The molecular weight excluding hydrogens is 438 g/mol. The van der Waals surface area contributed by atoms with Gasteiger partial charge in [-0.1, -0.05) is 24.3 Å². The number of carbonyl (C=O) groups excluding carboxylic acids is 2. The molecule has 0 saturated carbocycles. The smallest absolute Gasteiger partial charge is 0.240 e. The Bertz CT molecular complexity index is 920. The lowest BCUT2D eigenvalue weighted by Gasteiger charge is -2.40. The van der Waals surface area contributed by atoms with E-state index in [9.17, 15) is 18.4 Å². The van der Waals surface area contributed by atoms with Crippen LogP contribution in [0.25, 0.3) is 0 Å². The number of hydrogen-bond donors (Lipinski definition) is 1. The van der Waals surface area contributed by atoms with Crippen molar-refractivity contribution in [3.63, 3.8) is 0 Å². The van der Waals surface area contributed by atoms with E-state index in [0.29, 0.717) is 26.2 Å². The molecule has 0 bridgehead atoms. The first-order valence-electron chi connectivity index (χ1n) is 11.5. The number of nitrogens with one attached hydrogen (secondary N) is 1. The summed E-state index contributed by atoms with van der Waals surface area (Å²) >= 11 is 0. The minimum Gasteiger partial charge on any atom is -0.350 e. The van der Waals surface area contributed by atoms with Gasteiger partial charge in [0.1, 0.15) is 11.6 Å². The fourth-order valence-electron chi connectivity index (χ4n) is 4.16. The van der Waals surface area contributed by atoms with Gasteiger partial charge in [0.05, 0.1) is 19.1 Å². The molecule has 3 rings (SSSR count). The molecule has 1 saturated heterocycles. The topological polar surface area (TPSA) is 55.9 Å². The van der Waals surface area contributed by atoms with Crippen LogP contribution in [-0.4, -0.2) is 78.4 Å². The van der Waals surface area contributed by atoms with Gasteiger partial charge in [0, 0.05) is 38.8 Å². The Labute approximate surface area is 200 Å². The lowest BCUT2D eigenvalue weighted by molar-refractivity contribution is -0.136. The lowest BCUT2D eigenvalue weighted by Crippen LogP contribution is -2.52. The highest BCUT2D eigenvalue weighted by atomic mass is 19.1. The number of hydrogen-bond acceptors (Lipinski definition) is 4. The SMILES string of the molecule is CN(CC(=O)NC(C)(C)C)C(=O)CN1CCN(C(c2ccc(F)cc2)c2ccc(F)cc2)CC1. The predicted octanol–water partition coefficient (Wildman–Crippen LogP) is 3.04. The lowest BCUT2D eigenvalue weighted by atomic mass is 9.96. The average molecular weight is 473 g/mol. The predicted molar refractivity (Wildman–Crippen MR) is 128 cm³/mol. The maximum absolute atomic E-state index is 13.5. The Balaban J connectivity index is 1.61. The van der Waals surface area contributed by atoms with Crippen LogP contribution in [0, 0.1) is 11.6 Å². The van der Waals surface area contributed by atoms with Gasteiger partial charge in [0.25, 0.3) is 0 Å². The zero-order valence-corrected chi connectivity index (χ0v) is 20.4. The summed E-state index contributed by atoms with van der Waals surface area (Å²) in [5.41, 5.74) is 1.52. The number of likely N-dealkylation sites (N-methyl/N-ethyl adjacent to an activating group) is 1. The van der Waals surface area contributed by atoms with E-state index in [4.69, 9.17) is 0 Å². The third kappa shape index (κ3) is 7.33. The van der Waals surface area contributed by atoms with Gasteiger partial charge in [0.15, 0.2) is 0 Å². The van der Waals surface area contributed by atoms with Crippen molar-refractivity contribution in [3.8, 4) is 0 Å². The molecule has 1 aliphatic rings. The van der Waals surface area contributed by atoms with Crippen molar-refractivity contribution < 1.29 is 18.4 Å². The van der Waals surface area contributed by atoms with Crippen LogP contribution in [0.2, 0.25) is 0 Å². The van der Waals surface area contributed by atoms with Gasteiger partial charge in [-0.2, -0.15) is 0 Å². The number of benzene rings is 2. The minimum absolute atomic E-state index is 0.0211. The van der Waals surface area contributed by atoms with Gasteiger partial charge in [-0.15, -0.1) is 0 Å². The van der Waals surface area contributed by atoms with Gasteiger partial charge >= 0.3 is 0 Å². The van der Waals surface area contributed by atoms with Crippen LogP contribution < -0.4 is 5.32 Å². The molecule has 1 aliphatic heterocycles. The molecule has 184 valence electrons. The second-order valence-corrected chi connectivity index (χ2v) is 9.87. The number of amides is 2. The molecular formula is C26H34F2N4O2. The highest BCUT2D eigenvalue weighted by molar-refractivity contribution is 5.85. The van der Waals surface area contributed by atoms with E-state index in [1.165, 1.54) is 29.2 Å². The zero-order valence-electron chi connectivity index (χ0n) is 20.4. The fourth-order valence-corrected chi connectivity index (χ4v) is 4.16. The first kappa shape index (κ1) is 25.8. The van der Waals surface area contributed by atoms with E-state index in [1.807, 2.05) is 20.8 Å². The third-order valence-electron chi connectivity index (χ3n) is 5.82. The van der Waals surface area contributed by atoms with Crippen molar-refractivity contribution in [2.75, 3.05) is 46.3 Å². The first-order chi connectivity index (χ1) is 16.0. The van der Waals surface area contributed by atoms with Crippen LogP contribution in [0.1, 0.15) is 37.9 Å². The second-order valence-electron chi connectivity index (χ2n) is 9.87. The van der Waals surface area contributed by atoms with Gasteiger partial charge in [-0.25, -0.2) is 8.78 Å². The van der Waals surface area contributed by atoms with Crippen LogP contribution in [0.4, 0.5) is 8.78 Å². The molecule has 6 nitrogen and oxygen atoms in total. The highest BCUT2D eigenvalue weighted by Gasteiger charge is 2.28. The Hall–Kier alpha value is -2.84. The van der Waals surface area contributed by atoms with Crippen molar-refractivity contribution >= 4 is 11.8 Å². The summed E-state index contributed by atoms with van der Waals surface area (Å²) in [4.78, 5) is 30.6. The Morgan fingerprint density at radius 2 is 1.38 bits per heavy atom. The number of halogens is 2. The molecule has 8 heteroatoms. The summed E-state index contributed by atoms with van der Waals surface area (Å²) in [6.45, 7) is 8.70. The highest BCUT2D eigenvalue weighted by Crippen LogP contribution is 2.30. The monoisotopic (exact) mass is 472 g/mol. The van der Waals surface area contributed by atoms with Crippen LogP contribution in [0.5, 0.6) is 0 Å². The maximum atomic E-state index is 13.5. The summed E-state index contributed by atoms with van der Waals surface area (Å²) < 4.78 is 27.0. The van der Waals surface area contributed by atoms with Gasteiger partial charge in [0.2, 0.25) is 11.8 Å². The summed E-state index contributed by atoms with van der Waals surface area (Å²) in [7, 11) is 1.64. The number of piperazine rings is 1. The minimum atomic E-state index is -0.344. The second kappa shape index (κ2) is 11.1. The third-order valence-corrected chi connectivity index (χ3v) is 5.82. The van der Waals surface area contributed by atoms with Crippen LogP contribution in [0.3, 0.4) is 0 Å². The molecule has 34 heavy (non-hydrogen) atoms. The van der Waals surface area contributed by atoms with Crippen molar-refractivity contribution in [1.82, 2.24) is 20.0 Å². The molecule has 0 radical (unpaired) electrons. The molecule has 0 atom stereocenters. The molecule has 1 N–H and O–H groups in total. The van der Waals surface area contributed by atoms with Gasteiger partial charge in [-0.3, -0.25) is 19.4 Å². The Morgan fingerprint density at radius 3 is 1.82 bits per heavy atom. The molecule has 1 heterocycles. The van der Waals surface area contributed by atoms with E-state index < -0.39 is 0 Å². The van der Waals surface area contributed by atoms with E-state index in [-0.39, 0.29) is 48.1 Å². The molecule has 0 unspecified atom stereocenters. The van der Waals surface area contributed by atoms with E-state index in [1.54, 1.807) is 31.3 Å². The van der Waals surface area contributed by atoms with E-state index in [2.05, 4.69) is 15.1 Å².